The number of carbonyl (C=O) groups is 1. The molecule has 1 amide bonds. The molecule has 0 saturated carbocycles. The van der Waals surface area contributed by atoms with Gasteiger partial charge in [0.1, 0.15) is 11.6 Å². The Morgan fingerprint density at radius 3 is 2.62 bits per heavy atom. The molecule has 29 heavy (non-hydrogen) atoms. The van der Waals surface area contributed by atoms with Crippen LogP contribution in [-0.4, -0.2) is 52.4 Å². The molecule has 1 saturated heterocycles. The minimum absolute atomic E-state index is 0.266. The summed E-state index contributed by atoms with van der Waals surface area (Å²) in [7, 11) is 1.73. The van der Waals surface area contributed by atoms with Gasteiger partial charge in [-0.3, -0.25) is 4.79 Å². The largest absolute Gasteiger partial charge is 0.384 e. The van der Waals surface area contributed by atoms with Crippen LogP contribution in [0.15, 0.2) is 24.3 Å². The maximum atomic E-state index is 12.8. The average Bonchev–Trinajstić information content (AvgIpc) is 3.04. The van der Waals surface area contributed by atoms with E-state index in [1.165, 1.54) is 5.56 Å². The quantitative estimate of drug-likeness (QED) is 0.780. The van der Waals surface area contributed by atoms with Crippen molar-refractivity contribution in [3.8, 4) is 0 Å². The summed E-state index contributed by atoms with van der Waals surface area (Å²) in [6.07, 6.45) is 6.81. The molecule has 156 valence electrons. The van der Waals surface area contributed by atoms with Gasteiger partial charge in [-0.15, -0.1) is 10.2 Å². The molecule has 0 bridgehead atoms. The van der Waals surface area contributed by atoms with Gasteiger partial charge in [0.25, 0.3) is 0 Å². The summed E-state index contributed by atoms with van der Waals surface area (Å²) in [5.41, 5.74) is 2.68. The van der Waals surface area contributed by atoms with Crippen molar-refractivity contribution in [1.82, 2.24) is 19.7 Å². The molecule has 6 heteroatoms. The van der Waals surface area contributed by atoms with Crippen LogP contribution in [0.5, 0.6) is 0 Å². The molecule has 1 fully saturated rings. The monoisotopic (exact) mass is 396 g/mol. The van der Waals surface area contributed by atoms with Gasteiger partial charge in [0.05, 0.1) is 13.0 Å². The molecule has 2 aromatic rings. The lowest BCUT2D eigenvalue weighted by molar-refractivity contribution is -0.133. The van der Waals surface area contributed by atoms with Crippen molar-refractivity contribution in [1.29, 1.82) is 0 Å². The Morgan fingerprint density at radius 2 is 1.86 bits per heavy atom. The maximum absolute atomic E-state index is 12.8. The van der Waals surface area contributed by atoms with Crippen LogP contribution in [0.3, 0.4) is 0 Å². The number of carbonyl (C=O) groups excluding carboxylic acids is 1. The van der Waals surface area contributed by atoms with Crippen molar-refractivity contribution in [3.63, 3.8) is 0 Å². The minimum Gasteiger partial charge on any atom is -0.384 e. The van der Waals surface area contributed by atoms with Crippen LogP contribution in [0, 0.1) is 12.3 Å². The Bertz CT molecular complexity index is 852. The fourth-order valence-corrected chi connectivity index (χ4v) is 4.86. The van der Waals surface area contributed by atoms with Crippen LogP contribution in [0.1, 0.15) is 48.5 Å². The highest BCUT2D eigenvalue weighted by Crippen LogP contribution is 2.41. The molecule has 4 rings (SSSR count). The van der Waals surface area contributed by atoms with E-state index >= 15 is 0 Å². The predicted molar refractivity (Wildman–Crippen MR) is 112 cm³/mol. The van der Waals surface area contributed by atoms with E-state index in [2.05, 4.69) is 38.7 Å². The van der Waals surface area contributed by atoms with Crippen molar-refractivity contribution in [2.24, 2.45) is 5.41 Å². The summed E-state index contributed by atoms with van der Waals surface area (Å²) in [5.74, 6) is 2.43. The number of fused-ring (bicyclic) bond motifs is 1. The number of rotatable bonds is 5. The lowest BCUT2D eigenvalue weighted by atomic mass is 9.72. The van der Waals surface area contributed by atoms with Crippen LogP contribution < -0.4 is 0 Å². The van der Waals surface area contributed by atoms with Crippen molar-refractivity contribution in [3.05, 3.63) is 47.0 Å². The number of nitrogens with zero attached hydrogens (tertiary/aromatic N) is 4. The van der Waals surface area contributed by atoms with Gasteiger partial charge >= 0.3 is 0 Å². The van der Waals surface area contributed by atoms with E-state index in [0.29, 0.717) is 18.4 Å². The molecular formula is C23H32N4O2. The zero-order valence-corrected chi connectivity index (χ0v) is 17.7. The highest BCUT2D eigenvalue weighted by molar-refractivity contribution is 5.79. The highest BCUT2D eigenvalue weighted by atomic mass is 16.5. The Kier molecular flexibility index (Phi) is 5.99. The molecular weight excluding hydrogens is 364 g/mol. The van der Waals surface area contributed by atoms with Crippen molar-refractivity contribution in [2.75, 3.05) is 26.8 Å². The van der Waals surface area contributed by atoms with Gasteiger partial charge < -0.3 is 14.2 Å². The first kappa shape index (κ1) is 20.1. The van der Waals surface area contributed by atoms with Crippen molar-refractivity contribution < 1.29 is 9.53 Å². The van der Waals surface area contributed by atoms with E-state index < -0.39 is 0 Å². The molecule has 0 N–H and O–H groups in total. The zero-order valence-electron chi connectivity index (χ0n) is 17.7. The number of ether oxygens (including phenoxy) is 1. The SMILES string of the molecule is COCCc1nnc2n1CCC1(CC2)CCN(C(=O)Cc2ccccc2C)CC1. The number of likely N-dealkylation sites (tertiary alicyclic amines) is 1. The van der Waals surface area contributed by atoms with E-state index in [1.807, 2.05) is 12.1 Å². The zero-order chi connectivity index (χ0) is 20.3. The molecule has 0 unspecified atom stereocenters. The number of amides is 1. The van der Waals surface area contributed by atoms with Gasteiger partial charge in [0.2, 0.25) is 5.91 Å². The molecule has 0 aliphatic carbocycles. The number of hydrogen-bond donors (Lipinski definition) is 0. The Hall–Kier alpha value is -2.21. The topological polar surface area (TPSA) is 60.3 Å². The molecule has 2 aliphatic rings. The summed E-state index contributed by atoms with van der Waals surface area (Å²) < 4.78 is 7.52. The van der Waals surface area contributed by atoms with Gasteiger partial charge in [0, 0.05) is 39.6 Å². The van der Waals surface area contributed by atoms with E-state index in [1.54, 1.807) is 7.11 Å². The van der Waals surface area contributed by atoms with Gasteiger partial charge in [-0.05, 0) is 49.1 Å². The number of aromatic nitrogens is 3. The third-order valence-electron chi connectivity index (χ3n) is 6.96. The normalized spacial score (nSPS) is 18.5. The lowest BCUT2D eigenvalue weighted by Gasteiger charge is -2.41. The fraction of sp³-hybridized carbons (Fsp3) is 0.609. The molecule has 0 radical (unpaired) electrons. The minimum atomic E-state index is 0.266. The van der Waals surface area contributed by atoms with Crippen molar-refractivity contribution >= 4 is 5.91 Å². The molecule has 0 atom stereocenters. The summed E-state index contributed by atoms with van der Waals surface area (Å²) in [5, 5.41) is 8.81. The third kappa shape index (κ3) is 4.37. The molecule has 6 nitrogen and oxygen atoms in total. The Morgan fingerprint density at radius 1 is 1.10 bits per heavy atom. The second kappa shape index (κ2) is 8.66. The van der Waals surface area contributed by atoms with Gasteiger partial charge in [0.15, 0.2) is 0 Å². The van der Waals surface area contributed by atoms with E-state index in [4.69, 9.17) is 4.74 Å². The first-order valence-electron chi connectivity index (χ1n) is 10.8. The predicted octanol–water partition coefficient (Wildman–Crippen LogP) is 2.96. The van der Waals surface area contributed by atoms with E-state index in [9.17, 15) is 4.79 Å². The summed E-state index contributed by atoms with van der Waals surface area (Å²) in [4.78, 5) is 14.9. The van der Waals surface area contributed by atoms with Crippen LogP contribution in [0.4, 0.5) is 0 Å². The highest BCUT2D eigenvalue weighted by Gasteiger charge is 2.37. The van der Waals surface area contributed by atoms with Crippen LogP contribution >= 0.6 is 0 Å². The maximum Gasteiger partial charge on any atom is 0.226 e. The summed E-state index contributed by atoms with van der Waals surface area (Å²) in [6, 6.07) is 8.20. The molecule has 1 aromatic carbocycles. The van der Waals surface area contributed by atoms with Gasteiger partial charge in [-0.2, -0.15) is 0 Å². The molecule has 1 aromatic heterocycles. The fourth-order valence-electron chi connectivity index (χ4n) is 4.86. The smallest absolute Gasteiger partial charge is 0.226 e. The summed E-state index contributed by atoms with van der Waals surface area (Å²) in [6.45, 7) is 5.50. The number of hydrogen-bond acceptors (Lipinski definition) is 4. The van der Waals surface area contributed by atoms with Crippen LogP contribution in [0.25, 0.3) is 0 Å². The average molecular weight is 397 g/mol. The molecule has 2 aliphatic heterocycles. The number of aryl methyl sites for hydroxylation is 2. The van der Waals surface area contributed by atoms with Crippen LogP contribution in [-0.2, 0) is 35.3 Å². The first-order valence-corrected chi connectivity index (χ1v) is 10.8. The van der Waals surface area contributed by atoms with Gasteiger partial charge in [-0.25, -0.2) is 0 Å². The Labute approximate surface area is 173 Å². The third-order valence-corrected chi connectivity index (χ3v) is 6.96. The standard InChI is InChI=1S/C23H32N4O2/c1-18-5-3-4-6-19(18)17-22(28)26-13-10-23(11-14-26)9-7-20-24-25-21(8-16-29-2)27(20)15-12-23/h3-6H,7-17H2,1-2H3. The number of methoxy groups -OCH3 is 1. The van der Waals surface area contributed by atoms with E-state index in [0.717, 1.165) is 75.4 Å². The summed E-state index contributed by atoms with van der Waals surface area (Å²) >= 11 is 0. The van der Waals surface area contributed by atoms with E-state index in [-0.39, 0.29) is 5.91 Å². The lowest BCUT2D eigenvalue weighted by Crippen LogP contribution is -2.44. The first-order chi connectivity index (χ1) is 14.1. The number of piperidine rings is 1. The number of benzene rings is 1. The Balaban J connectivity index is 1.35. The second-order valence-electron chi connectivity index (χ2n) is 8.66. The molecule has 1 spiro atoms. The van der Waals surface area contributed by atoms with Crippen molar-refractivity contribution in [2.45, 2.75) is 58.4 Å². The molecule has 3 heterocycles. The van der Waals surface area contributed by atoms with Crippen LogP contribution in [0.2, 0.25) is 0 Å². The van der Waals surface area contributed by atoms with Gasteiger partial charge in [-0.1, -0.05) is 24.3 Å². The second-order valence-corrected chi connectivity index (χ2v) is 8.66.